The molecule has 0 unspecified atom stereocenters. The van der Waals surface area contributed by atoms with Gasteiger partial charge in [-0.05, 0) is 50.1 Å². The summed E-state index contributed by atoms with van der Waals surface area (Å²) >= 11 is 0. The van der Waals surface area contributed by atoms with Crippen molar-refractivity contribution >= 4 is 21.7 Å². The van der Waals surface area contributed by atoms with Gasteiger partial charge >= 0.3 is 0 Å². The first-order chi connectivity index (χ1) is 15.9. The summed E-state index contributed by atoms with van der Waals surface area (Å²) in [4.78, 5) is 13.8. The quantitative estimate of drug-likeness (QED) is 0.534. The van der Waals surface area contributed by atoms with E-state index < -0.39 is 10.0 Å². The molecule has 0 bridgehead atoms. The van der Waals surface area contributed by atoms with Crippen LogP contribution >= 0.6 is 0 Å². The van der Waals surface area contributed by atoms with Gasteiger partial charge in [0, 0.05) is 44.2 Å². The van der Waals surface area contributed by atoms with Gasteiger partial charge in [-0.1, -0.05) is 13.8 Å². The topological polar surface area (TPSA) is 102 Å². The molecule has 0 amide bonds. The van der Waals surface area contributed by atoms with Gasteiger partial charge in [-0.3, -0.25) is 0 Å². The molecule has 3 aromatic rings. The zero-order valence-corrected chi connectivity index (χ0v) is 20.0. The number of nitrogens with zero attached hydrogens (tertiary/aromatic N) is 5. The maximum atomic E-state index is 12.7. The summed E-state index contributed by atoms with van der Waals surface area (Å²) in [6, 6.07) is 8.86. The predicted octanol–water partition coefficient (Wildman–Crippen LogP) is 3.77. The SMILES string of the molecule is CCN(CC)S(=O)(=O)c1ccc(Nc2nccc(-c3cnc(C)n3C3CCOCC3)n2)cc1. The fourth-order valence-electron chi connectivity index (χ4n) is 4.16. The second kappa shape index (κ2) is 9.98. The highest BCUT2D eigenvalue weighted by atomic mass is 32.2. The van der Waals surface area contributed by atoms with Crippen molar-refractivity contribution in [2.24, 2.45) is 0 Å². The third kappa shape index (κ3) is 4.92. The van der Waals surface area contributed by atoms with E-state index in [1.54, 1.807) is 30.5 Å². The number of anilines is 2. The summed E-state index contributed by atoms with van der Waals surface area (Å²) in [5.74, 6) is 1.39. The van der Waals surface area contributed by atoms with Crippen LogP contribution in [-0.4, -0.2) is 58.5 Å². The number of aromatic nitrogens is 4. The lowest BCUT2D eigenvalue weighted by atomic mass is 10.1. The van der Waals surface area contributed by atoms with Crippen molar-refractivity contribution in [3.8, 4) is 11.4 Å². The highest BCUT2D eigenvalue weighted by Crippen LogP contribution is 2.29. The Hall–Kier alpha value is -2.82. The minimum atomic E-state index is -3.49. The first-order valence-corrected chi connectivity index (χ1v) is 12.7. The number of aryl methyl sites for hydroxylation is 1. The molecule has 1 aromatic carbocycles. The maximum Gasteiger partial charge on any atom is 0.243 e. The summed E-state index contributed by atoms with van der Waals surface area (Å²) in [5, 5.41) is 3.18. The number of hydrogen-bond donors (Lipinski definition) is 1. The Labute approximate surface area is 194 Å². The van der Waals surface area contributed by atoms with E-state index in [0.29, 0.717) is 30.8 Å². The fourth-order valence-corrected chi connectivity index (χ4v) is 5.62. The molecule has 33 heavy (non-hydrogen) atoms. The normalized spacial score (nSPS) is 15.2. The molecule has 0 saturated carbocycles. The van der Waals surface area contributed by atoms with Crippen molar-refractivity contribution < 1.29 is 13.2 Å². The lowest BCUT2D eigenvalue weighted by molar-refractivity contribution is 0.0694. The van der Waals surface area contributed by atoms with Gasteiger partial charge in [0.1, 0.15) is 5.82 Å². The fraction of sp³-hybridized carbons (Fsp3) is 0.435. The minimum Gasteiger partial charge on any atom is -0.381 e. The van der Waals surface area contributed by atoms with Crippen LogP contribution in [0.5, 0.6) is 0 Å². The van der Waals surface area contributed by atoms with Crippen LogP contribution < -0.4 is 5.32 Å². The summed E-state index contributed by atoms with van der Waals surface area (Å²) in [5.41, 5.74) is 2.44. The van der Waals surface area contributed by atoms with E-state index in [1.165, 1.54) is 4.31 Å². The Balaban J connectivity index is 1.55. The van der Waals surface area contributed by atoms with Gasteiger partial charge in [0.2, 0.25) is 16.0 Å². The molecule has 1 N–H and O–H groups in total. The minimum absolute atomic E-state index is 0.266. The lowest BCUT2D eigenvalue weighted by Gasteiger charge is -2.26. The Morgan fingerprint density at radius 1 is 1.09 bits per heavy atom. The molecule has 0 radical (unpaired) electrons. The molecular formula is C23H30N6O3S. The second-order valence-electron chi connectivity index (χ2n) is 7.91. The van der Waals surface area contributed by atoms with Crippen LogP contribution in [0.4, 0.5) is 11.6 Å². The number of imidazole rings is 1. The number of rotatable bonds is 8. The van der Waals surface area contributed by atoms with E-state index >= 15 is 0 Å². The maximum absolute atomic E-state index is 12.7. The molecule has 4 rings (SSSR count). The van der Waals surface area contributed by atoms with Gasteiger partial charge in [0.25, 0.3) is 0 Å². The number of benzene rings is 1. The predicted molar refractivity (Wildman–Crippen MR) is 127 cm³/mol. The van der Waals surface area contributed by atoms with Crippen molar-refractivity contribution in [1.82, 2.24) is 23.8 Å². The van der Waals surface area contributed by atoms with Crippen LogP contribution in [0.15, 0.2) is 47.6 Å². The van der Waals surface area contributed by atoms with Crippen LogP contribution in [-0.2, 0) is 14.8 Å². The van der Waals surface area contributed by atoms with E-state index in [0.717, 1.165) is 43.3 Å². The third-order valence-corrected chi connectivity index (χ3v) is 7.97. The standard InChI is InChI=1S/C23H30N6O3S/c1-4-28(5-2)33(30,31)20-8-6-18(7-9-20)26-23-24-13-10-21(27-23)22-16-25-17(3)29(22)19-11-14-32-15-12-19/h6-10,13,16,19H,4-5,11-12,14-15H2,1-3H3,(H,24,26,27). The van der Waals surface area contributed by atoms with Crippen molar-refractivity contribution in [2.45, 2.75) is 44.6 Å². The van der Waals surface area contributed by atoms with Gasteiger partial charge in [-0.25, -0.2) is 23.4 Å². The molecule has 1 aliphatic rings. The molecule has 0 spiro atoms. The van der Waals surface area contributed by atoms with E-state index in [4.69, 9.17) is 9.72 Å². The number of sulfonamides is 1. The van der Waals surface area contributed by atoms with E-state index in [2.05, 4.69) is 19.9 Å². The lowest BCUT2D eigenvalue weighted by Crippen LogP contribution is -2.30. The summed E-state index contributed by atoms with van der Waals surface area (Å²) < 4.78 is 34.6. The Morgan fingerprint density at radius 3 is 2.45 bits per heavy atom. The first-order valence-electron chi connectivity index (χ1n) is 11.3. The average Bonchev–Trinajstić information content (AvgIpc) is 3.22. The Morgan fingerprint density at radius 2 is 1.79 bits per heavy atom. The molecule has 3 heterocycles. The largest absolute Gasteiger partial charge is 0.381 e. The molecule has 0 atom stereocenters. The zero-order chi connectivity index (χ0) is 23.4. The highest BCUT2D eigenvalue weighted by Gasteiger charge is 2.23. The van der Waals surface area contributed by atoms with Gasteiger partial charge in [-0.15, -0.1) is 0 Å². The van der Waals surface area contributed by atoms with Crippen LogP contribution in [0.25, 0.3) is 11.4 Å². The molecule has 10 heteroatoms. The van der Waals surface area contributed by atoms with E-state index in [1.807, 2.05) is 33.0 Å². The monoisotopic (exact) mass is 470 g/mol. The Bertz CT molecular complexity index is 1180. The molecule has 1 saturated heterocycles. The average molecular weight is 471 g/mol. The molecule has 2 aromatic heterocycles. The Kier molecular flexibility index (Phi) is 7.06. The number of ether oxygens (including phenoxy) is 1. The molecule has 176 valence electrons. The second-order valence-corrected chi connectivity index (χ2v) is 9.85. The zero-order valence-electron chi connectivity index (χ0n) is 19.2. The van der Waals surface area contributed by atoms with Gasteiger partial charge in [0.05, 0.1) is 22.5 Å². The molecule has 9 nitrogen and oxygen atoms in total. The van der Waals surface area contributed by atoms with Crippen molar-refractivity contribution in [3.63, 3.8) is 0 Å². The highest BCUT2D eigenvalue weighted by molar-refractivity contribution is 7.89. The van der Waals surface area contributed by atoms with Crippen molar-refractivity contribution in [1.29, 1.82) is 0 Å². The van der Waals surface area contributed by atoms with Gasteiger partial charge in [0.15, 0.2) is 0 Å². The van der Waals surface area contributed by atoms with Gasteiger partial charge < -0.3 is 14.6 Å². The summed E-state index contributed by atoms with van der Waals surface area (Å²) in [7, 11) is -3.49. The molecule has 1 fully saturated rings. The molecular weight excluding hydrogens is 440 g/mol. The van der Waals surface area contributed by atoms with Crippen molar-refractivity contribution in [2.75, 3.05) is 31.6 Å². The van der Waals surface area contributed by atoms with Crippen molar-refractivity contribution in [3.05, 3.63) is 48.5 Å². The van der Waals surface area contributed by atoms with Crippen LogP contribution in [0.2, 0.25) is 0 Å². The van der Waals surface area contributed by atoms with Crippen LogP contribution in [0.1, 0.15) is 38.6 Å². The van der Waals surface area contributed by atoms with Crippen LogP contribution in [0.3, 0.4) is 0 Å². The van der Waals surface area contributed by atoms with Gasteiger partial charge in [-0.2, -0.15) is 4.31 Å². The molecule has 1 aliphatic heterocycles. The smallest absolute Gasteiger partial charge is 0.243 e. The summed E-state index contributed by atoms with van der Waals surface area (Å²) in [6.45, 7) is 8.03. The van der Waals surface area contributed by atoms with Crippen LogP contribution in [0, 0.1) is 6.92 Å². The summed E-state index contributed by atoms with van der Waals surface area (Å²) in [6.07, 6.45) is 5.45. The number of nitrogens with one attached hydrogen (secondary N) is 1. The third-order valence-electron chi connectivity index (χ3n) is 5.91. The van der Waals surface area contributed by atoms with E-state index in [-0.39, 0.29) is 4.90 Å². The van der Waals surface area contributed by atoms with E-state index in [9.17, 15) is 8.42 Å². The first kappa shape index (κ1) is 23.3. The molecule has 0 aliphatic carbocycles. The number of hydrogen-bond acceptors (Lipinski definition) is 7.